The first-order valence-electron chi connectivity index (χ1n) is 4.48. The molecule has 1 heterocycles. The third-order valence-electron chi connectivity index (χ3n) is 2.11. The second-order valence-electron chi connectivity index (χ2n) is 3.42. The molecule has 3 nitrogen and oxygen atoms in total. The van der Waals surface area contributed by atoms with Crippen molar-refractivity contribution in [1.29, 1.82) is 0 Å². The van der Waals surface area contributed by atoms with Crippen LogP contribution >= 0.6 is 11.6 Å². The number of hydrogen-bond acceptors (Lipinski definition) is 3. The number of rotatable bonds is 2. The van der Waals surface area contributed by atoms with Crippen LogP contribution < -0.4 is 5.32 Å². The zero-order chi connectivity index (χ0) is 10.9. The van der Waals surface area contributed by atoms with E-state index in [1.807, 2.05) is 12.1 Å². The van der Waals surface area contributed by atoms with Gasteiger partial charge in [-0.2, -0.15) is 0 Å². The molecule has 2 rings (SSSR count). The molecule has 1 aromatic rings. The first-order chi connectivity index (χ1) is 7.05. The summed E-state index contributed by atoms with van der Waals surface area (Å²) in [7, 11) is -3.00. The molecule has 15 heavy (non-hydrogen) atoms. The molecule has 0 spiro atoms. The summed E-state index contributed by atoms with van der Waals surface area (Å²) in [4.78, 5) is 0. The standard InChI is InChI=1S/C10H10ClNO2S/c11-8-2-1-3-9(6-8)12-10-4-5-15(13,14)7-10/h1-6,10,12H,7H2/t10-/m0/s1. The van der Waals surface area contributed by atoms with E-state index in [0.717, 1.165) is 5.69 Å². The summed E-state index contributed by atoms with van der Waals surface area (Å²) in [6, 6.07) is 7.05. The smallest absolute Gasteiger partial charge is 0.173 e. The summed E-state index contributed by atoms with van der Waals surface area (Å²) in [6.07, 6.45) is 1.65. The molecule has 5 heteroatoms. The lowest BCUT2D eigenvalue weighted by atomic mass is 10.2. The molecule has 0 radical (unpaired) electrons. The van der Waals surface area contributed by atoms with Gasteiger partial charge in [0.1, 0.15) is 0 Å². The Morgan fingerprint density at radius 1 is 1.40 bits per heavy atom. The van der Waals surface area contributed by atoms with E-state index >= 15 is 0 Å². The van der Waals surface area contributed by atoms with Crippen LogP contribution in [-0.2, 0) is 9.84 Å². The van der Waals surface area contributed by atoms with Crippen molar-refractivity contribution >= 4 is 27.1 Å². The quantitative estimate of drug-likeness (QED) is 0.865. The highest BCUT2D eigenvalue weighted by Gasteiger charge is 2.21. The SMILES string of the molecule is O=S1(=O)C=C[C@H](Nc2cccc(Cl)c2)C1. The number of benzene rings is 1. The number of halogens is 1. The highest BCUT2D eigenvalue weighted by atomic mass is 35.5. The summed E-state index contributed by atoms with van der Waals surface area (Å²) in [6.45, 7) is 0. The Morgan fingerprint density at radius 2 is 2.20 bits per heavy atom. The van der Waals surface area contributed by atoms with E-state index in [-0.39, 0.29) is 11.8 Å². The van der Waals surface area contributed by atoms with Gasteiger partial charge >= 0.3 is 0 Å². The van der Waals surface area contributed by atoms with Gasteiger partial charge in [-0.15, -0.1) is 0 Å². The Hall–Kier alpha value is -1.00. The Morgan fingerprint density at radius 3 is 2.80 bits per heavy atom. The van der Waals surface area contributed by atoms with Crippen molar-refractivity contribution in [3.63, 3.8) is 0 Å². The van der Waals surface area contributed by atoms with E-state index in [1.165, 1.54) is 5.41 Å². The molecule has 1 aromatic carbocycles. The van der Waals surface area contributed by atoms with Crippen LogP contribution in [0.1, 0.15) is 0 Å². The Balaban J connectivity index is 2.09. The summed E-state index contributed by atoms with van der Waals surface area (Å²) < 4.78 is 22.3. The first kappa shape index (κ1) is 10.5. The predicted octanol–water partition coefficient (Wildman–Crippen LogP) is 2.06. The molecule has 0 saturated carbocycles. The molecular formula is C10H10ClNO2S. The van der Waals surface area contributed by atoms with Crippen LogP contribution in [0, 0.1) is 0 Å². The van der Waals surface area contributed by atoms with Crippen molar-refractivity contribution < 1.29 is 8.42 Å². The fourth-order valence-electron chi connectivity index (χ4n) is 1.46. The molecule has 0 amide bonds. The minimum Gasteiger partial charge on any atom is -0.378 e. The summed E-state index contributed by atoms with van der Waals surface area (Å²) >= 11 is 5.81. The summed E-state index contributed by atoms with van der Waals surface area (Å²) in [5.41, 5.74) is 0.828. The summed E-state index contributed by atoms with van der Waals surface area (Å²) in [5, 5.41) is 4.96. The zero-order valence-electron chi connectivity index (χ0n) is 7.85. The van der Waals surface area contributed by atoms with Gasteiger partial charge < -0.3 is 5.32 Å². The molecule has 0 aliphatic carbocycles. The molecule has 1 aliphatic rings. The van der Waals surface area contributed by atoms with Gasteiger partial charge in [-0.1, -0.05) is 23.7 Å². The number of nitrogens with one attached hydrogen (secondary N) is 1. The Bertz CT molecular complexity index is 496. The van der Waals surface area contributed by atoms with Crippen LogP contribution in [0.15, 0.2) is 35.7 Å². The molecule has 80 valence electrons. The monoisotopic (exact) mass is 243 g/mol. The van der Waals surface area contributed by atoms with E-state index in [9.17, 15) is 8.42 Å². The lowest BCUT2D eigenvalue weighted by Crippen LogP contribution is -2.20. The van der Waals surface area contributed by atoms with Crippen LogP contribution in [0.2, 0.25) is 5.02 Å². The van der Waals surface area contributed by atoms with Gasteiger partial charge in [-0.3, -0.25) is 0 Å². The van der Waals surface area contributed by atoms with Gasteiger partial charge in [0.15, 0.2) is 9.84 Å². The molecule has 1 aliphatic heterocycles. The third-order valence-corrected chi connectivity index (χ3v) is 3.74. The molecular weight excluding hydrogens is 234 g/mol. The molecule has 1 N–H and O–H groups in total. The summed E-state index contributed by atoms with van der Waals surface area (Å²) in [5.74, 6) is 0.111. The van der Waals surface area contributed by atoms with Crippen molar-refractivity contribution in [2.45, 2.75) is 6.04 Å². The maximum absolute atomic E-state index is 11.1. The largest absolute Gasteiger partial charge is 0.378 e. The van der Waals surface area contributed by atoms with Crippen molar-refractivity contribution in [2.75, 3.05) is 11.1 Å². The average molecular weight is 244 g/mol. The van der Waals surface area contributed by atoms with E-state index in [2.05, 4.69) is 5.32 Å². The highest BCUT2D eigenvalue weighted by Crippen LogP contribution is 2.18. The second kappa shape index (κ2) is 3.87. The Labute approximate surface area is 93.7 Å². The molecule has 0 fully saturated rings. The fourth-order valence-corrected chi connectivity index (χ4v) is 2.88. The minimum atomic E-state index is -3.00. The Kier molecular flexibility index (Phi) is 2.71. The van der Waals surface area contributed by atoms with E-state index in [1.54, 1.807) is 18.2 Å². The van der Waals surface area contributed by atoms with Gasteiger partial charge in [-0.05, 0) is 18.2 Å². The normalized spacial score (nSPS) is 22.9. The lowest BCUT2D eigenvalue weighted by Gasteiger charge is -2.11. The van der Waals surface area contributed by atoms with E-state index < -0.39 is 9.84 Å². The van der Waals surface area contributed by atoms with Crippen LogP contribution in [0.4, 0.5) is 5.69 Å². The maximum Gasteiger partial charge on any atom is 0.173 e. The van der Waals surface area contributed by atoms with Gasteiger partial charge in [0.2, 0.25) is 0 Å². The average Bonchev–Trinajstić information content (AvgIpc) is 2.45. The highest BCUT2D eigenvalue weighted by molar-refractivity contribution is 7.94. The van der Waals surface area contributed by atoms with Gasteiger partial charge in [0.25, 0.3) is 0 Å². The van der Waals surface area contributed by atoms with Crippen molar-refractivity contribution in [2.24, 2.45) is 0 Å². The van der Waals surface area contributed by atoms with Crippen LogP contribution in [0.5, 0.6) is 0 Å². The lowest BCUT2D eigenvalue weighted by molar-refractivity contribution is 0.605. The van der Waals surface area contributed by atoms with Crippen LogP contribution in [0.3, 0.4) is 0 Å². The molecule has 0 aromatic heterocycles. The fraction of sp³-hybridized carbons (Fsp3) is 0.200. The van der Waals surface area contributed by atoms with Gasteiger partial charge in [0, 0.05) is 16.1 Å². The number of sulfone groups is 1. The van der Waals surface area contributed by atoms with E-state index in [4.69, 9.17) is 11.6 Å². The third kappa shape index (κ3) is 2.73. The number of hydrogen-bond donors (Lipinski definition) is 1. The van der Waals surface area contributed by atoms with Gasteiger partial charge in [0.05, 0.1) is 11.8 Å². The molecule has 1 atom stereocenters. The van der Waals surface area contributed by atoms with Crippen molar-refractivity contribution in [1.82, 2.24) is 0 Å². The number of anilines is 1. The predicted molar refractivity (Wildman–Crippen MR) is 61.8 cm³/mol. The van der Waals surface area contributed by atoms with Gasteiger partial charge in [-0.25, -0.2) is 8.42 Å². The molecule has 0 unspecified atom stereocenters. The zero-order valence-corrected chi connectivity index (χ0v) is 9.42. The van der Waals surface area contributed by atoms with Crippen LogP contribution in [-0.4, -0.2) is 20.2 Å². The molecule has 0 saturated heterocycles. The van der Waals surface area contributed by atoms with E-state index in [0.29, 0.717) is 5.02 Å². The second-order valence-corrected chi connectivity index (χ2v) is 5.79. The van der Waals surface area contributed by atoms with Crippen LogP contribution in [0.25, 0.3) is 0 Å². The maximum atomic E-state index is 11.1. The van der Waals surface area contributed by atoms with Crippen molar-refractivity contribution in [3.05, 3.63) is 40.8 Å². The minimum absolute atomic E-state index is 0.111. The topological polar surface area (TPSA) is 46.2 Å². The van der Waals surface area contributed by atoms with Crippen molar-refractivity contribution in [3.8, 4) is 0 Å². The first-order valence-corrected chi connectivity index (χ1v) is 6.58. The molecule has 0 bridgehead atoms.